The molecule has 4 aliphatic carbocycles. The smallest absolute Gasteiger partial charge is 0.0477 e. The average Bonchev–Trinajstić information content (AvgIpc) is 3.03. The SMILES string of the molecule is c1ccc(N(c2ccccc2)C23CC4(c5ccccc5)CC(c5ccccc5)(CC(c5ccccc5)(C4)C2)C3)cc1. The van der Waals surface area contributed by atoms with E-state index >= 15 is 0 Å². The van der Waals surface area contributed by atoms with Crippen molar-refractivity contribution in [2.24, 2.45) is 0 Å². The van der Waals surface area contributed by atoms with Crippen LogP contribution in [0.4, 0.5) is 11.4 Å². The van der Waals surface area contributed by atoms with Gasteiger partial charge in [-0.15, -0.1) is 0 Å². The van der Waals surface area contributed by atoms with Crippen LogP contribution in [0, 0.1) is 0 Å². The number of para-hydroxylation sites is 2. The zero-order valence-electron chi connectivity index (χ0n) is 23.6. The first-order chi connectivity index (χ1) is 20.1. The molecule has 41 heavy (non-hydrogen) atoms. The zero-order valence-corrected chi connectivity index (χ0v) is 23.6. The van der Waals surface area contributed by atoms with Crippen molar-refractivity contribution in [1.82, 2.24) is 0 Å². The van der Waals surface area contributed by atoms with E-state index in [1.807, 2.05) is 0 Å². The molecule has 0 radical (unpaired) electrons. The molecule has 1 heteroatoms. The van der Waals surface area contributed by atoms with Crippen molar-refractivity contribution in [2.75, 3.05) is 4.90 Å². The minimum Gasteiger partial charge on any atom is -0.335 e. The van der Waals surface area contributed by atoms with Gasteiger partial charge < -0.3 is 4.90 Å². The van der Waals surface area contributed by atoms with E-state index < -0.39 is 0 Å². The van der Waals surface area contributed by atoms with Crippen molar-refractivity contribution < 1.29 is 0 Å². The van der Waals surface area contributed by atoms with E-state index in [0.29, 0.717) is 0 Å². The summed E-state index contributed by atoms with van der Waals surface area (Å²) in [6, 6.07) is 57.1. The van der Waals surface area contributed by atoms with Crippen LogP contribution in [0.2, 0.25) is 0 Å². The second kappa shape index (κ2) is 9.21. The van der Waals surface area contributed by atoms with Crippen LogP contribution in [0.15, 0.2) is 152 Å². The monoisotopic (exact) mass is 531 g/mol. The molecule has 0 aromatic heterocycles. The van der Waals surface area contributed by atoms with E-state index in [1.54, 1.807) is 0 Å². The Kier molecular flexibility index (Phi) is 5.54. The van der Waals surface area contributed by atoms with Gasteiger partial charge in [0.15, 0.2) is 0 Å². The normalized spacial score (nSPS) is 29.8. The summed E-state index contributed by atoms with van der Waals surface area (Å²) in [6.45, 7) is 0. The van der Waals surface area contributed by atoms with Gasteiger partial charge in [-0.2, -0.15) is 0 Å². The summed E-state index contributed by atoms with van der Waals surface area (Å²) < 4.78 is 0. The lowest BCUT2D eigenvalue weighted by Crippen LogP contribution is -2.72. The molecule has 4 aliphatic rings. The molecule has 0 unspecified atom stereocenters. The van der Waals surface area contributed by atoms with E-state index in [2.05, 4.69) is 157 Å². The molecule has 0 spiro atoms. The highest BCUT2D eigenvalue weighted by Gasteiger charge is 2.70. The van der Waals surface area contributed by atoms with Gasteiger partial charge in [0.2, 0.25) is 0 Å². The summed E-state index contributed by atoms with van der Waals surface area (Å²) >= 11 is 0. The van der Waals surface area contributed by atoms with Gasteiger partial charge in [0.1, 0.15) is 0 Å². The number of nitrogens with zero attached hydrogens (tertiary/aromatic N) is 1. The van der Waals surface area contributed by atoms with Gasteiger partial charge in [0, 0.05) is 16.9 Å². The van der Waals surface area contributed by atoms with Gasteiger partial charge in [-0.3, -0.25) is 0 Å². The second-order valence-electron chi connectivity index (χ2n) is 13.2. The molecule has 202 valence electrons. The molecule has 4 bridgehead atoms. The number of benzene rings is 5. The molecule has 0 amide bonds. The number of anilines is 2. The van der Waals surface area contributed by atoms with Gasteiger partial charge >= 0.3 is 0 Å². The second-order valence-corrected chi connectivity index (χ2v) is 13.2. The summed E-state index contributed by atoms with van der Waals surface area (Å²) in [4.78, 5) is 2.76. The van der Waals surface area contributed by atoms with Gasteiger partial charge in [-0.05, 0) is 95.7 Å². The van der Waals surface area contributed by atoms with Crippen molar-refractivity contribution >= 4 is 11.4 Å². The minimum absolute atomic E-state index is 0.0427. The predicted molar refractivity (Wildman–Crippen MR) is 170 cm³/mol. The highest BCUT2D eigenvalue weighted by atomic mass is 15.2. The van der Waals surface area contributed by atoms with E-state index in [0.717, 1.165) is 19.3 Å². The number of rotatable bonds is 6. The van der Waals surface area contributed by atoms with Crippen LogP contribution in [0.25, 0.3) is 0 Å². The standard InChI is InChI=1S/C40H37N/c1-6-16-32(17-7-1)37-26-38(33-18-8-2-9-19-33)28-39(27-37,34-20-10-3-11-21-34)31-40(29-37,30-38)41(35-22-12-4-13-23-35)36-24-14-5-15-25-36/h1-25H,26-31H2. The third kappa shape index (κ3) is 3.82. The highest BCUT2D eigenvalue weighted by Crippen LogP contribution is 2.73. The van der Waals surface area contributed by atoms with E-state index in [4.69, 9.17) is 0 Å². The molecule has 4 saturated carbocycles. The first-order valence-electron chi connectivity index (χ1n) is 15.2. The molecule has 1 nitrogen and oxygen atoms in total. The van der Waals surface area contributed by atoms with Crippen LogP contribution < -0.4 is 4.90 Å². The Morgan fingerprint density at radius 3 is 0.878 bits per heavy atom. The van der Waals surface area contributed by atoms with E-state index in [1.165, 1.54) is 47.3 Å². The Hall–Kier alpha value is -4.10. The van der Waals surface area contributed by atoms with Crippen molar-refractivity contribution in [1.29, 1.82) is 0 Å². The fourth-order valence-electron chi connectivity index (χ4n) is 9.96. The van der Waals surface area contributed by atoms with Crippen LogP contribution in [0.5, 0.6) is 0 Å². The Morgan fingerprint density at radius 2 is 0.585 bits per heavy atom. The molecule has 0 aliphatic heterocycles. The Bertz CT molecular complexity index is 1450. The molecule has 0 saturated heterocycles. The van der Waals surface area contributed by atoms with E-state index in [9.17, 15) is 0 Å². The number of hydrogen-bond acceptors (Lipinski definition) is 1. The maximum atomic E-state index is 2.76. The molecule has 0 atom stereocenters. The van der Waals surface area contributed by atoms with Crippen LogP contribution >= 0.6 is 0 Å². The van der Waals surface area contributed by atoms with Crippen LogP contribution in [-0.2, 0) is 16.2 Å². The molecule has 4 fully saturated rings. The van der Waals surface area contributed by atoms with Gasteiger partial charge in [0.25, 0.3) is 0 Å². The fourth-order valence-corrected chi connectivity index (χ4v) is 9.96. The number of hydrogen-bond donors (Lipinski definition) is 0. The summed E-state index contributed by atoms with van der Waals surface area (Å²) in [5.41, 5.74) is 7.38. The molecule has 5 aromatic rings. The third-order valence-corrected chi connectivity index (χ3v) is 10.7. The molecule has 0 N–H and O–H groups in total. The summed E-state index contributed by atoms with van der Waals surface area (Å²) in [5, 5.41) is 0. The largest absolute Gasteiger partial charge is 0.335 e. The summed E-state index contributed by atoms with van der Waals surface area (Å²) in [5.74, 6) is 0. The first kappa shape index (κ1) is 24.7. The Labute approximate surface area is 244 Å². The molecule has 9 rings (SSSR count). The molecule has 5 aromatic carbocycles. The van der Waals surface area contributed by atoms with Crippen molar-refractivity contribution in [3.05, 3.63) is 168 Å². The lowest BCUT2D eigenvalue weighted by molar-refractivity contribution is -0.0636. The first-order valence-corrected chi connectivity index (χ1v) is 15.2. The fraction of sp³-hybridized carbons (Fsp3) is 0.250. The maximum absolute atomic E-state index is 2.76. The van der Waals surface area contributed by atoms with Gasteiger partial charge in [-0.1, -0.05) is 127 Å². The molecular formula is C40H37N. The minimum atomic E-state index is -0.0427. The highest BCUT2D eigenvalue weighted by molar-refractivity contribution is 5.68. The Balaban J connectivity index is 1.44. The topological polar surface area (TPSA) is 3.24 Å². The Morgan fingerprint density at radius 1 is 0.317 bits per heavy atom. The summed E-state index contributed by atoms with van der Waals surface area (Å²) in [6.07, 6.45) is 7.12. The van der Waals surface area contributed by atoms with Crippen LogP contribution in [0.1, 0.15) is 55.2 Å². The quantitative estimate of drug-likeness (QED) is 0.211. The van der Waals surface area contributed by atoms with Crippen molar-refractivity contribution in [3.8, 4) is 0 Å². The van der Waals surface area contributed by atoms with E-state index in [-0.39, 0.29) is 21.8 Å². The maximum Gasteiger partial charge on any atom is 0.0477 e. The van der Waals surface area contributed by atoms with Crippen LogP contribution in [-0.4, -0.2) is 5.54 Å². The molecule has 0 heterocycles. The van der Waals surface area contributed by atoms with Crippen molar-refractivity contribution in [3.63, 3.8) is 0 Å². The van der Waals surface area contributed by atoms with Gasteiger partial charge in [-0.25, -0.2) is 0 Å². The predicted octanol–water partition coefficient (Wildman–Crippen LogP) is 9.76. The lowest BCUT2D eigenvalue weighted by Gasteiger charge is -2.73. The van der Waals surface area contributed by atoms with Crippen LogP contribution in [0.3, 0.4) is 0 Å². The lowest BCUT2D eigenvalue weighted by atomic mass is 9.34. The van der Waals surface area contributed by atoms with Crippen molar-refractivity contribution in [2.45, 2.75) is 60.3 Å². The average molecular weight is 532 g/mol. The third-order valence-electron chi connectivity index (χ3n) is 10.7. The van der Waals surface area contributed by atoms with Gasteiger partial charge in [0.05, 0.1) is 0 Å². The zero-order chi connectivity index (χ0) is 27.4. The summed E-state index contributed by atoms with van der Waals surface area (Å²) in [7, 11) is 0. The molecular weight excluding hydrogens is 494 g/mol.